The zero-order valence-corrected chi connectivity index (χ0v) is 23.9. The highest BCUT2D eigenvalue weighted by Crippen LogP contribution is 2.47. The lowest BCUT2D eigenvalue weighted by Gasteiger charge is -2.41. The van der Waals surface area contributed by atoms with Gasteiger partial charge < -0.3 is 0 Å². The van der Waals surface area contributed by atoms with Crippen LogP contribution in [0.3, 0.4) is 0 Å². The second-order valence-corrected chi connectivity index (χ2v) is 13.1. The van der Waals surface area contributed by atoms with E-state index >= 15 is 0 Å². The van der Waals surface area contributed by atoms with Gasteiger partial charge in [0, 0.05) is 0 Å². The molecule has 0 spiro atoms. The van der Waals surface area contributed by atoms with E-state index in [9.17, 15) is 4.39 Å². The van der Waals surface area contributed by atoms with Gasteiger partial charge in [-0.25, -0.2) is 4.39 Å². The van der Waals surface area contributed by atoms with Gasteiger partial charge in [0.05, 0.1) is 0 Å². The van der Waals surface area contributed by atoms with Gasteiger partial charge in [-0.15, -0.1) is 0 Å². The molecule has 5 unspecified atom stereocenters. The van der Waals surface area contributed by atoms with Crippen molar-refractivity contribution in [3.63, 3.8) is 0 Å². The van der Waals surface area contributed by atoms with Crippen molar-refractivity contribution in [3.05, 3.63) is 11.1 Å². The molecule has 3 fully saturated rings. The monoisotopic (exact) mass is 488 g/mol. The molecule has 0 aromatic carbocycles. The van der Waals surface area contributed by atoms with Gasteiger partial charge in [0.1, 0.15) is 6.17 Å². The third-order valence-corrected chi connectivity index (χ3v) is 10.2. The molecule has 3 saturated carbocycles. The number of halogens is 1. The van der Waals surface area contributed by atoms with E-state index in [4.69, 9.17) is 0 Å². The third kappa shape index (κ3) is 10.5. The molecule has 0 bridgehead atoms. The predicted octanol–water partition coefficient (Wildman–Crippen LogP) is 11.9. The summed E-state index contributed by atoms with van der Waals surface area (Å²) in [6.07, 6.45) is 34.6. The van der Waals surface area contributed by atoms with Crippen LogP contribution in [0.2, 0.25) is 0 Å². The summed E-state index contributed by atoms with van der Waals surface area (Å²) in [7, 11) is 0. The van der Waals surface area contributed by atoms with E-state index in [-0.39, 0.29) is 0 Å². The standard InChI is InChI=1S/C20H33F.C8H16.C6H12/c1-14-10-12-18(16-11-9-15(2)20(21)13-16)19-8-6-4-3-5-7-17(14)19;1-2-4-6-8-7-5-3-1;1-2-4-6-5-3-1/h14-16,18,20H,3-13H2,1-2H3;1-8H2;1-6H2. The largest absolute Gasteiger partial charge is 0.247 e. The van der Waals surface area contributed by atoms with Crippen LogP contribution >= 0.6 is 0 Å². The van der Waals surface area contributed by atoms with E-state index in [1.165, 1.54) is 148 Å². The molecule has 204 valence electrons. The van der Waals surface area contributed by atoms with Gasteiger partial charge in [0.15, 0.2) is 0 Å². The summed E-state index contributed by atoms with van der Waals surface area (Å²) in [4.78, 5) is 0. The summed E-state index contributed by atoms with van der Waals surface area (Å²) in [6, 6.07) is 0. The zero-order valence-electron chi connectivity index (χ0n) is 23.9. The second-order valence-electron chi connectivity index (χ2n) is 13.1. The van der Waals surface area contributed by atoms with Gasteiger partial charge in [-0.05, 0) is 81.5 Å². The van der Waals surface area contributed by atoms with E-state index in [2.05, 4.69) is 13.8 Å². The summed E-state index contributed by atoms with van der Waals surface area (Å²) < 4.78 is 14.2. The van der Waals surface area contributed by atoms with E-state index in [1.807, 2.05) is 0 Å². The number of hydrogen-bond donors (Lipinski definition) is 0. The van der Waals surface area contributed by atoms with Crippen LogP contribution in [0.5, 0.6) is 0 Å². The number of alkyl halides is 1. The minimum Gasteiger partial charge on any atom is -0.247 e. The van der Waals surface area contributed by atoms with Gasteiger partial charge in [0.25, 0.3) is 0 Å². The Bertz CT molecular complexity index is 538. The molecule has 5 atom stereocenters. The average molecular weight is 489 g/mol. The van der Waals surface area contributed by atoms with Gasteiger partial charge in [0.2, 0.25) is 0 Å². The van der Waals surface area contributed by atoms with Gasteiger partial charge in [-0.2, -0.15) is 0 Å². The summed E-state index contributed by atoms with van der Waals surface area (Å²) in [6.45, 7) is 4.54. The van der Waals surface area contributed by atoms with Crippen molar-refractivity contribution in [2.24, 2.45) is 23.7 Å². The smallest absolute Gasteiger partial charge is 0.103 e. The molecule has 0 aromatic heterocycles. The molecule has 0 heterocycles. The van der Waals surface area contributed by atoms with Crippen molar-refractivity contribution >= 4 is 0 Å². The summed E-state index contributed by atoms with van der Waals surface area (Å²) >= 11 is 0. The molecule has 0 aliphatic heterocycles. The first kappa shape index (κ1) is 29.2. The summed E-state index contributed by atoms with van der Waals surface area (Å²) in [5, 5.41) is 0. The zero-order chi connectivity index (χ0) is 24.7. The van der Waals surface area contributed by atoms with Crippen LogP contribution in [0.25, 0.3) is 0 Å². The number of hydrogen-bond acceptors (Lipinski definition) is 0. The Morgan fingerprint density at radius 1 is 0.486 bits per heavy atom. The molecule has 0 amide bonds. The number of rotatable bonds is 1. The maximum atomic E-state index is 14.2. The topological polar surface area (TPSA) is 0 Å². The van der Waals surface area contributed by atoms with Crippen molar-refractivity contribution in [1.82, 2.24) is 0 Å². The fourth-order valence-electron chi connectivity index (χ4n) is 7.73. The Morgan fingerprint density at radius 3 is 1.37 bits per heavy atom. The third-order valence-electron chi connectivity index (χ3n) is 10.2. The fourth-order valence-corrected chi connectivity index (χ4v) is 7.73. The molecule has 1 heteroatoms. The van der Waals surface area contributed by atoms with E-state index in [0.717, 1.165) is 24.7 Å². The summed E-state index contributed by atoms with van der Waals surface area (Å²) in [5.41, 5.74) is 3.61. The molecule has 0 aromatic rings. The first-order chi connectivity index (χ1) is 17.2. The van der Waals surface area contributed by atoms with Crippen LogP contribution in [0.4, 0.5) is 4.39 Å². The second kappa shape index (κ2) is 17.2. The molecule has 5 aliphatic rings. The first-order valence-corrected chi connectivity index (χ1v) is 16.5. The lowest BCUT2D eigenvalue weighted by atomic mass is 9.65. The Hall–Kier alpha value is -0.330. The minimum atomic E-state index is -0.541. The molecule has 5 rings (SSSR count). The predicted molar refractivity (Wildman–Crippen MR) is 153 cm³/mol. The molecule has 0 N–H and O–H groups in total. The molecule has 0 nitrogen and oxygen atoms in total. The van der Waals surface area contributed by atoms with Crippen LogP contribution in [0.1, 0.15) is 174 Å². The van der Waals surface area contributed by atoms with Crippen molar-refractivity contribution in [1.29, 1.82) is 0 Å². The fraction of sp³-hybridized carbons (Fsp3) is 0.941. The van der Waals surface area contributed by atoms with Crippen LogP contribution in [-0.4, -0.2) is 6.17 Å². The molecule has 0 radical (unpaired) electrons. The highest BCUT2D eigenvalue weighted by Gasteiger charge is 2.37. The van der Waals surface area contributed by atoms with Crippen molar-refractivity contribution in [2.75, 3.05) is 0 Å². The normalized spacial score (nSPS) is 34.9. The lowest BCUT2D eigenvalue weighted by molar-refractivity contribution is 0.106. The first-order valence-electron chi connectivity index (χ1n) is 16.5. The Morgan fingerprint density at radius 2 is 0.914 bits per heavy atom. The molecule has 5 aliphatic carbocycles. The van der Waals surface area contributed by atoms with E-state index in [0.29, 0.717) is 11.8 Å². The molecule has 35 heavy (non-hydrogen) atoms. The minimum absolute atomic E-state index is 0.301. The summed E-state index contributed by atoms with van der Waals surface area (Å²) in [5.74, 6) is 2.49. The van der Waals surface area contributed by atoms with Crippen molar-refractivity contribution < 1.29 is 4.39 Å². The maximum Gasteiger partial charge on any atom is 0.103 e. The Kier molecular flexibility index (Phi) is 14.4. The Labute approximate surface area is 219 Å². The molecular formula is C34H61F. The SMILES string of the molecule is C1CCCCC1.C1CCCCCCC1.CC1CCC(C2CCC(C)C(F)C2)C2=C1CCCCCC2. The Balaban J connectivity index is 0.000000199. The highest BCUT2D eigenvalue weighted by molar-refractivity contribution is 5.24. The van der Waals surface area contributed by atoms with Crippen LogP contribution < -0.4 is 0 Å². The van der Waals surface area contributed by atoms with Gasteiger partial charge in [-0.3, -0.25) is 0 Å². The van der Waals surface area contributed by atoms with Crippen LogP contribution in [-0.2, 0) is 0 Å². The van der Waals surface area contributed by atoms with Gasteiger partial charge in [-0.1, -0.05) is 128 Å². The van der Waals surface area contributed by atoms with Crippen LogP contribution in [0.15, 0.2) is 11.1 Å². The molecular weight excluding hydrogens is 427 g/mol. The van der Waals surface area contributed by atoms with Crippen LogP contribution in [0, 0.1) is 23.7 Å². The van der Waals surface area contributed by atoms with Crippen molar-refractivity contribution in [3.8, 4) is 0 Å². The lowest BCUT2D eigenvalue weighted by Crippen LogP contribution is -2.32. The quantitative estimate of drug-likeness (QED) is 0.322. The molecule has 0 saturated heterocycles. The highest BCUT2D eigenvalue weighted by atomic mass is 19.1. The van der Waals surface area contributed by atoms with Gasteiger partial charge >= 0.3 is 0 Å². The van der Waals surface area contributed by atoms with E-state index < -0.39 is 6.17 Å². The van der Waals surface area contributed by atoms with E-state index in [1.54, 1.807) is 11.1 Å². The average Bonchev–Trinajstić information content (AvgIpc) is 2.83. The maximum absolute atomic E-state index is 14.2. The number of allylic oxidation sites excluding steroid dienone is 2. The van der Waals surface area contributed by atoms with Crippen molar-refractivity contribution in [2.45, 2.75) is 181 Å².